The van der Waals surface area contributed by atoms with Crippen molar-refractivity contribution in [2.45, 2.75) is 171 Å². The molecule has 512 valence electrons. The first kappa shape index (κ1) is 64.0. The van der Waals surface area contributed by atoms with Crippen molar-refractivity contribution in [1.82, 2.24) is 67.4 Å². The first-order valence-electron chi connectivity index (χ1n) is 34.4. The topological polar surface area (TPSA) is 315 Å². The van der Waals surface area contributed by atoms with E-state index in [1.807, 2.05) is 125 Å². The zero-order chi connectivity index (χ0) is 68.0. The molecule has 3 saturated heterocycles. The molecule has 4 saturated carbocycles. The highest BCUT2D eigenvalue weighted by Gasteiger charge is 2.60. The van der Waals surface area contributed by atoms with E-state index in [4.69, 9.17) is 31.5 Å². The van der Waals surface area contributed by atoms with Gasteiger partial charge in [-0.25, -0.2) is 44.9 Å². The lowest BCUT2D eigenvalue weighted by Crippen LogP contribution is -2.37. The number of aromatic nitrogens is 14. The molecule has 99 heavy (non-hydrogen) atoms. The molecule has 15 atom stereocenters. The molecule has 1 aromatic carbocycles. The Balaban J connectivity index is 0.000000111. The molecule has 14 heterocycles. The summed E-state index contributed by atoms with van der Waals surface area (Å²) in [5.41, 5.74) is 17.4. The van der Waals surface area contributed by atoms with E-state index >= 15 is 0 Å². The van der Waals surface area contributed by atoms with Gasteiger partial charge >= 0.3 is 0 Å². The molecule has 25 heteroatoms. The quantitative estimate of drug-likeness (QED) is 0.0708. The summed E-state index contributed by atoms with van der Waals surface area (Å²) in [5.74, 6) is 1.16. The summed E-state index contributed by atoms with van der Waals surface area (Å²) < 4.78 is 28.7. The smallest absolute Gasteiger partial charge is 0.156 e. The molecule has 3 aliphatic heterocycles. The van der Waals surface area contributed by atoms with Crippen LogP contribution in [0.4, 0.5) is 5.82 Å². The molecule has 0 bridgehead atoms. The number of hydrogen-bond donors (Lipinski definition) is 7. The van der Waals surface area contributed by atoms with Gasteiger partial charge in [-0.05, 0) is 152 Å². The monoisotopic (exact) mass is 1360 g/mol. The highest BCUT2D eigenvalue weighted by atomic mass is 35.5. The second kappa shape index (κ2) is 24.5. The summed E-state index contributed by atoms with van der Waals surface area (Å²) >= 11 is 6.69. The number of pyridine rings is 3. The van der Waals surface area contributed by atoms with Crippen molar-refractivity contribution in [2.75, 3.05) is 25.6 Å². The van der Waals surface area contributed by atoms with Gasteiger partial charge < -0.3 is 73.1 Å². The van der Waals surface area contributed by atoms with Gasteiger partial charge in [-0.3, -0.25) is 0 Å². The van der Waals surface area contributed by atoms with Crippen LogP contribution < -0.4 is 5.73 Å². The first-order chi connectivity index (χ1) is 47.9. The standard InChI is InChI=1S/C26H29N5O3.C25H27N5O3.C23H24ClN5O3/c1-15-19-9-10-31(25(19)29-14-28-15)20-12-26(24(33)23(20)32)11-18(34-13-26)7-5-16-3-2-4-17-6-8-21(27)30-22(16)17;1-14-17-5-7-30(24(17)28-13-27-14)18-9-25(23(32)22(18)31)10-20(33-12-25)16-4-6-29-19(15-2-3-15)11-26-21(29)8-16;1-12-9-25-22-18(24)15(4-5-28(12)22)17-8-23(10-32-17)7-16(19(30)20(23)31)29-6-3-14-13(2)26-11-27-21(14)29/h2-4,6,8-10,14,18,20,23-24,32-33H,5,7,11-13H2,1H3,(H2,27,30);4-8,11,13,15,18,20,22-23,31-32H,2-3,9-10,12H2,1H3;3-6,9,11,16-17,19-20,30-31H,7-8,10H2,1-2H3. The maximum atomic E-state index is 11.2. The summed E-state index contributed by atoms with van der Waals surface area (Å²) in [5, 5.41) is 71.1. The van der Waals surface area contributed by atoms with Gasteiger partial charge in [-0.1, -0.05) is 29.8 Å². The van der Waals surface area contributed by atoms with Crippen LogP contribution in [0.1, 0.15) is 139 Å². The van der Waals surface area contributed by atoms with Gasteiger partial charge in [0.2, 0.25) is 0 Å². The Morgan fingerprint density at radius 2 is 1.07 bits per heavy atom. The molecule has 3 spiro atoms. The van der Waals surface area contributed by atoms with E-state index in [9.17, 15) is 30.6 Å². The number of hydrogen-bond acceptors (Lipinski definition) is 19. The number of aliphatic hydroxyl groups is 6. The van der Waals surface area contributed by atoms with Gasteiger partial charge in [-0.2, -0.15) is 0 Å². The fraction of sp³-hybridized carbons (Fsp3) is 0.446. The minimum absolute atomic E-state index is 0.0166. The van der Waals surface area contributed by atoms with Crippen molar-refractivity contribution >= 4 is 72.7 Å². The lowest BCUT2D eigenvalue weighted by atomic mass is 9.80. The van der Waals surface area contributed by atoms with Crippen LogP contribution in [0.2, 0.25) is 5.02 Å². The van der Waals surface area contributed by atoms with E-state index < -0.39 is 52.9 Å². The Hall–Kier alpha value is -8.40. The van der Waals surface area contributed by atoms with Crippen molar-refractivity contribution in [1.29, 1.82) is 0 Å². The largest absolute Gasteiger partial charge is 0.390 e. The van der Waals surface area contributed by atoms with Gasteiger partial charge in [-0.15, -0.1) is 0 Å². The number of imidazole rings is 2. The number of nitrogen functional groups attached to an aromatic ring is 1. The van der Waals surface area contributed by atoms with Crippen LogP contribution in [-0.2, 0) is 20.6 Å². The van der Waals surface area contributed by atoms with Gasteiger partial charge in [0, 0.05) is 104 Å². The third kappa shape index (κ3) is 10.7. The van der Waals surface area contributed by atoms with E-state index in [0.717, 1.165) is 108 Å². The maximum Gasteiger partial charge on any atom is 0.156 e. The molecule has 15 unspecified atom stereocenters. The lowest BCUT2D eigenvalue weighted by Gasteiger charge is -2.26. The van der Waals surface area contributed by atoms with E-state index in [-0.39, 0.29) is 36.4 Å². The molecule has 19 rings (SSSR count). The van der Waals surface area contributed by atoms with E-state index in [2.05, 4.69) is 73.7 Å². The fourth-order valence-corrected chi connectivity index (χ4v) is 17.9. The summed E-state index contributed by atoms with van der Waals surface area (Å²) in [4.78, 5) is 39.7. The Kier molecular flexibility index (Phi) is 15.8. The van der Waals surface area contributed by atoms with Crippen LogP contribution in [0, 0.1) is 43.9 Å². The lowest BCUT2D eigenvalue weighted by molar-refractivity contribution is -0.0309. The van der Waals surface area contributed by atoms with Crippen molar-refractivity contribution in [3.05, 3.63) is 179 Å². The van der Waals surface area contributed by atoms with Gasteiger partial charge in [0.15, 0.2) is 5.65 Å². The van der Waals surface area contributed by atoms with E-state index in [1.54, 1.807) is 18.9 Å². The molecule has 4 aliphatic carbocycles. The minimum Gasteiger partial charge on any atom is -0.390 e. The third-order valence-corrected chi connectivity index (χ3v) is 23.7. The number of ether oxygens (including phenoxy) is 3. The molecule has 24 nitrogen and oxygen atoms in total. The second-order valence-corrected chi connectivity index (χ2v) is 29.6. The second-order valence-electron chi connectivity index (χ2n) is 29.2. The first-order valence-corrected chi connectivity index (χ1v) is 34.8. The number of aryl methyl sites for hydroxylation is 5. The third-order valence-electron chi connectivity index (χ3n) is 23.3. The Morgan fingerprint density at radius 1 is 0.535 bits per heavy atom. The van der Waals surface area contributed by atoms with Crippen LogP contribution in [-0.4, -0.2) is 161 Å². The summed E-state index contributed by atoms with van der Waals surface area (Å²) in [6.07, 6.45) is 20.5. The molecular formula is C74H80ClN15O9. The number of fused-ring (bicyclic) bond motifs is 6. The van der Waals surface area contributed by atoms with Gasteiger partial charge in [0.25, 0.3) is 0 Å². The zero-order valence-electron chi connectivity index (χ0n) is 55.4. The van der Waals surface area contributed by atoms with Crippen LogP contribution in [0.3, 0.4) is 0 Å². The normalized spacial score (nSPS) is 30.4. The van der Waals surface area contributed by atoms with Crippen LogP contribution in [0.25, 0.3) is 55.3 Å². The van der Waals surface area contributed by atoms with Crippen LogP contribution in [0.15, 0.2) is 129 Å². The predicted molar refractivity (Wildman–Crippen MR) is 369 cm³/mol. The zero-order valence-corrected chi connectivity index (χ0v) is 56.2. The highest BCUT2D eigenvalue weighted by molar-refractivity contribution is 6.34. The molecule has 0 amide bonds. The number of nitrogens with two attached hydrogens (primary N) is 1. The fourth-order valence-electron chi connectivity index (χ4n) is 17.6. The summed E-state index contributed by atoms with van der Waals surface area (Å²) in [6, 6.07) is 21.3. The summed E-state index contributed by atoms with van der Waals surface area (Å²) in [7, 11) is 0. The van der Waals surface area contributed by atoms with Gasteiger partial charge in [0.1, 0.15) is 65.7 Å². The number of anilines is 1. The average molecular weight is 1360 g/mol. The Labute approximate surface area is 574 Å². The van der Waals surface area contributed by atoms with Crippen molar-refractivity contribution < 1.29 is 44.8 Å². The molecule has 0 radical (unpaired) electrons. The number of halogens is 1. The SMILES string of the molecule is Cc1ncnc2c1ccn2C1CC2(COC(CCc3cccc4ccc(N)nc34)C2)C(O)C1O.Cc1ncnc2c1ccn2C1CC2(COC(c3ccn4c(C)cnc4c3Cl)C2)C(O)C1O.Cc1ncnc2c1ccn2C1CC2(COC(c3ccn4c(C5CC5)cnc4c3)C2)C(O)C1O. The molecule has 11 aromatic heterocycles. The number of nitrogens with zero attached hydrogens (tertiary/aromatic N) is 14. The number of para-hydroxylation sites is 1. The van der Waals surface area contributed by atoms with Crippen LogP contribution >= 0.6 is 11.6 Å². The Bertz CT molecular complexity index is 5090. The number of rotatable bonds is 9. The maximum absolute atomic E-state index is 11.2. The van der Waals surface area contributed by atoms with Crippen molar-refractivity contribution in [3.8, 4) is 0 Å². The molecule has 8 N–H and O–H groups in total. The molecular weight excluding hydrogens is 1280 g/mol. The van der Waals surface area contributed by atoms with Crippen molar-refractivity contribution in [3.63, 3.8) is 0 Å². The molecule has 7 fully saturated rings. The number of benzene rings is 1. The van der Waals surface area contributed by atoms with Gasteiger partial charge in [0.05, 0.1) is 102 Å². The van der Waals surface area contributed by atoms with Crippen molar-refractivity contribution in [2.24, 2.45) is 16.2 Å². The molecule has 7 aliphatic rings. The average Bonchev–Trinajstić information content (AvgIpc) is 1.79. The summed E-state index contributed by atoms with van der Waals surface area (Å²) in [6.45, 7) is 9.04. The number of aliphatic hydroxyl groups excluding tert-OH is 6. The molecule has 12 aromatic rings. The van der Waals surface area contributed by atoms with E-state index in [1.165, 1.54) is 24.9 Å². The van der Waals surface area contributed by atoms with Crippen LogP contribution in [0.5, 0.6) is 0 Å². The Morgan fingerprint density at radius 3 is 1.65 bits per heavy atom. The predicted octanol–water partition coefficient (Wildman–Crippen LogP) is 9.19. The van der Waals surface area contributed by atoms with E-state index in [0.29, 0.717) is 74.3 Å². The minimum atomic E-state index is -0.920. The highest BCUT2D eigenvalue weighted by Crippen LogP contribution is 2.58.